The summed E-state index contributed by atoms with van der Waals surface area (Å²) >= 11 is 0. The molecule has 1 heteroatoms. The maximum absolute atomic E-state index is 9.17. The van der Waals surface area contributed by atoms with Crippen molar-refractivity contribution in [2.45, 2.75) is 52.1 Å². The lowest BCUT2D eigenvalue weighted by Gasteiger charge is -2.26. The number of hydrogen-bond acceptors (Lipinski definition) is 1. The van der Waals surface area contributed by atoms with E-state index in [0.29, 0.717) is 0 Å². The summed E-state index contributed by atoms with van der Waals surface area (Å²) in [6.45, 7) is 4.23. The lowest BCUT2D eigenvalue weighted by atomic mass is 9.80. The van der Waals surface area contributed by atoms with E-state index in [1.54, 1.807) is 0 Å². The molecule has 1 N–H and O–H groups in total. The number of aliphatic hydroxyl groups is 1. The van der Waals surface area contributed by atoms with Gasteiger partial charge in [0.05, 0.1) is 6.10 Å². The topological polar surface area (TPSA) is 20.2 Å². The summed E-state index contributed by atoms with van der Waals surface area (Å²) in [5.74, 6) is 1.74. The second-order valence-corrected chi connectivity index (χ2v) is 4.21. The maximum Gasteiger partial charge on any atom is 0.0514 e. The number of rotatable bonds is 2. The van der Waals surface area contributed by atoms with Crippen molar-refractivity contribution in [3.8, 4) is 0 Å². The minimum absolute atomic E-state index is 0.0894. The molecule has 0 aliphatic heterocycles. The molecule has 1 atom stereocenters. The first-order chi connectivity index (χ1) is 5.18. The highest BCUT2D eigenvalue weighted by Crippen LogP contribution is 2.30. The van der Waals surface area contributed by atoms with Crippen LogP contribution in [-0.4, -0.2) is 11.2 Å². The van der Waals surface area contributed by atoms with E-state index >= 15 is 0 Å². The van der Waals surface area contributed by atoms with Crippen LogP contribution in [0, 0.1) is 11.8 Å². The number of aliphatic hydroxyl groups excluding tert-OH is 1. The Morgan fingerprint density at radius 2 is 1.82 bits per heavy atom. The van der Waals surface area contributed by atoms with Crippen molar-refractivity contribution in [1.82, 2.24) is 0 Å². The van der Waals surface area contributed by atoms with Gasteiger partial charge in [-0.15, -0.1) is 0 Å². The molecule has 1 unspecified atom stereocenters. The molecule has 0 heterocycles. The second-order valence-electron chi connectivity index (χ2n) is 4.21. The fraction of sp³-hybridized carbons (Fsp3) is 1.00. The molecule has 0 spiro atoms. The Bertz CT molecular complexity index is 101. The normalized spacial score (nSPS) is 35.2. The predicted molar refractivity (Wildman–Crippen MR) is 47.4 cm³/mol. The summed E-state index contributed by atoms with van der Waals surface area (Å²) < 4.78 is 0. The Kier molecular flexibility index (Phi) is 3.38. The molecular formula is C10H20O. The minimum atomic E-state index is -0.0894. The fourth-order valence-corrected chi connectivity index (χ4v) is 2.05. The van der Waals surface area contributed by atoms with Crippen molar-refractivity contribution >= 4 is 0 Å². The Balaban J connectivity index is 2.17. The zero-order chi connectivity index (χ0) is 8.27. The van der Waals surface area contributed by atoms with Crippen LogP contribution in [0.5, 0.6) is 0 Å². The van der Waals surface area contributed by atoms with Crippen LogP contribution in [0.3, 0.4) is 0 Å². The van der Waals surface area contributed by atoms with Crippen LogP contribution in [0.4, 0.5) is 0 Å². The SMILES string of the molecule is CC(O)CC1CCC(C)CC1. The quantitative estimate of drug-likeness (QED) is 0.651. The summed E-state index contributed by atoms with van der Waals surface area (Å²) in [5, 5.41) is 9.17. The summed E-state index contributed by atoms with van der Waals surface area (Å²) in [4.78, 5) is 0. The zero-order valence-corrected chi connectivity index (χ0v) is 7.71. The maximum atomic E-state index is 9.17. The van der Waals surface area contributed by atoms with Gasteiger partial charge in [0, 0.05) is 0 Å². The molecule has 1 aliphatic rings. The summed E-state index contributed by atoms with van der Waals surface area (Å²) in [6, 6.07) is 0. The van der Waals surface area contributed by atoms with Crippen molar-refractivity contribution in [1.29, 1.82) is 0 Å². The molecule has 1 fully saturated rings. The molecule has 11 heavy (non-hydrogen) atoms. The Labute approximate surface area is 69.8 Å². The van der Waals surface area contributed by atoms with Gasteiger partial charge >= 0.3 is 0 Å². The Hall–Kier alpha value is -0.0400. The van der Waals surface area contributed by atoms with Gasteiger partial charge < -0.3 is 5.11 Å². The smallest absolute Gasteiger partial charge is 0.0514 e. The molecule has 0 aromatic heterocycles. The molecule has 1 aliphatic carbocycles. The lowest BCUT2D eigenvalue weighted by molar-refractivity contribution is 0.139. The van der Waals surface area contributed by atoms with Crippen molar-refractivity contribution < 1.29 is 5.11 Å². The van der Waals surface area contributed by atoms with Gasteiger partial charge in [0.1, 0.15) is 0 Å². The van der Waals surface area contributed by atoms with E-state index in [1.807, 2.05) is 6.92 Å². The monoisotopic (exact) mass is 156 g/mol. The van der Waals surface area contributed by atoms with Crippen LogP contribution in [0.1, 0.15) is 46.0 Å². The first kappa shape index (κ1) is 9.05. The van der Waals surface area contributed by atoms with E-state index < -0.39 is 0 Å². The van der Waals surface area contributed by atoms with Crippen LogP contribution in [-0.2, 0) is 0 Å². The molecule has 0 saturated heterocycles. The largest absolute Gasteiger partial charge is 0.393 e. The minimum Gasteiger partial charge on any atom is -0.393 e. The van der Waals surface area contributed by atoms with Gasteiger partial charge in [-0.1, -0.05) is 32.6 Å². The van der Waals surface area contributed by atoms with E-state index in [0.717, 1.165) is 18.3 Å². The van der Waals surface area contributed by atoms with Crippen LogP contribution in [0.15, 0.2) is 0 Å². The van der Waals surface area contributed by atoms with Crippen molar-refractivity contribution in [3.05, 3.63) is 0 Å². The van der Waals surface area contributed by atoms with Crippen LogP contribution >= 0.6 is 0 Å². The first-order valence-corrected chi connectivity index (χ1v) is 4.86. The van der Waals surface area contributed by atoms with Gasteiger partial charge in [-0.3, -0.25) is 0 Å². The molecule has 0 aromatic rings. The molecule has 0 radical (unpaired) electrons. The molecule has 0 aromatic carbocycles. The summed E-state index contributed by atoms with van der Waals surface area (Å²) in [6.07, 6.45) is 6.35. The third-order valence-corrected chi connectivity index (χ3v) is 2.81. The van der Waals surface area contributed by atoms with E-state index in [-0.39, 0.29) is 6.10 Å². The highest BCUT2D eigenvalue weighted by Gasteiger charge is 2.18. The average molecular weight is 156 g/mol. The average Bonchev–Trinajstić information content (AvgIpc) is 1.93. The van der Waals surface area contributed by atoms with Gasteiger partial charge in [0.15, 0.2) is 0 Å². The molecule has 66 valence electrons. The Morgan fingerprint density at radius 1 is 1.27 bits per heavy atom. The highest BCUT2D eigenvalue weighted by molar-refractivity contribution is 4.71. The van der Waals surface area contributed by atoms with E-state index in [1.165, 1.54) is 25.7 Å². The zero-order valence-electron chi connectivity index (χ0n) is 7.71. The van der Waals surface area contributed by atoms with Crippen LogP contribution < -0.4 is 0 Å². The third-order valence-electron chi connectivity index (χ3n) is 2.81. The lowest BCUT2D eigenvalue weighted by Crippen LogP contribution is -2.16. The van der Waals surface area contributed by atoms with Gasteiger partial charge in [-0.25, -0.2) is 0 Å². The van der Waals surface area contributed by atoms with Crippen molar-refractivity contribution in [2.75, 3.05) is 0 Å². The van der Waals surface area contributed by atoms with E-state index in [9.17, 15) is 5.11 Å². The standard InChI is InChI=1S/C10H20O/c1-8-3-5-10(6-4-8)7-9(2)11/h8-11H,3-7H2,1-2H3. The predicted octanol–water partition coefficient (Wildman–Crippen LogP) is 2.58. The molecular weight excluding hydrogens is 136 g/mol. The van der Waals surface area contributed by atoms with Crippen molar-refractivity contribution in [2.24, 2.45) is 11.8 Å². The van der Waals surface area contributed by atoms with Gasteiger partial charge in [0.2, 0.25) is 0 Å². The van der Waals surface area contributed by atoms with Gasteiger partial charge in [-0.2, -0.15) is 0 Å². The summed E-state index contributed by atoms with van der Waals surface area (Å²) in [5.41, 5.74) is 0. The molecule has 1 rings (SSSR count). The summed E-state index contributed by atoms with van der Waals surface area (Å²) in [7, 11) is 0. The fourth-order valence-electron chi connectivity index (χ4n) is 2.05. The van der Waals surface area contributed by atoms with E-state index in [2.05, 4.69) is 6.92 Å². The van der Waals surface area contributed by atoms with Crippen LogP contribution in [0.25, 0.3) is 0 Å². The highest BCUT2D eigenvalue weighted by atomic mass is 16.3. The Morgan fingerprint density at radius 3 is 2.27 bits per heavy atom. The van der Waals surface area contributed by atoms with E-state index in [4.69, 9.17) is 0 Å². The molecule has 0 bridgehead atoms. The van der Waals surface area contributed by atoms with Crippen molar-refractivity contribution in [3.63, 3.8) is 0 Å². The molecule has 1 nitrogen and oxygen atoms in total. The first-order valence-electron chi connectivity index (χ1n) is 4.86. The molecule has 1 saturated carbocycles. The van der Waals surface area contributed by atoms with Gasteiger partial charge in [0.25, 0.3) is 0 Å². The number of hydrogen-bond donors (Lipinski definition) is 1. The third kappa shape index (κ3) is 3.24. The second kappa shape index (κ2) is 4.10. The van der Waals surface area contributed by atoms with Gasteiger partial charge in [-0.05, 0) is 25.2 Å². The molecule has 0 amide bonds. The van der Waals surface area contributed by atoms with Crippen LogP contribution in [0.2, 0.25) is 0 Å².